The molecule has 0 aliphatic rings. The molecule has 1 heterocycles. The van der Waals surface area contributed by atoms with E-state index in [0.717, 1.165) is 6.07 Å². The quantitative estimate of drug-likeness (QED) is 0.814. The van der Waals surface area contributed by atoms with Crippen molar-refractivity contribution in [3.8, 4) is 17.7 Å². The molecule has 0 spiro atoms. The normalized spacial score (nSPS) is 10.4. The first-order valence-corrected chi connectivity index (χ1v) is 4.73. The van der Waals surface area contributed by atoms with Gasteiger partial charge in [0.2, 0.25) is 11.8 Å². The third-order valence-electron chi connectivity index (χ3n) is 1.86. The number of carbonyl (C=O) groups is 1. The molecule has 1 aromatic heterocycles. The minimum absolute atomic E-state index is 0.0417. The van der Waals surface area contributed by atoms with Crippen molar-refractivity contribution < 1.29 is 22.7 Å². The van der Waals surface area contributed by atoms with Crippen LogP contribution in [0.3, 0.4) is 0 Å². The van der Waals surface area contributed by atoms with Gasteiger partial charge in [-0.3, -0.25) is 4.79 Å². The van der Waals surface area contributed by atoms with Crippen molar-refractivity contribution in [1.29, 1.82) is 0 Å². The van der Waals surface area contributed by atoms with E-state index in [1.165, 1.54) is 7.11 Å². The number of rotatable bonds is 2. The number of hydrogen-bond acceptors (Lipinski definition) is 3. The van der Waals surface area contributed by atoms with E-state index in [1.54, 1.807) is 0 Å². The van der Waals surface area contributed by atoms with Crippen LogP contribution < -0.4 is 10.5 Å². The van der Waals surface area contributed by atoms with Crippen molar-refractivity contribution in [1.82, 2.24) is 4.98 Å². The molecule has 1 aromatic rings. The summed E-state index contributed by atoms with van der Waals surface area (Å²) in [5.41, 5.74) is 3.87. The Kier molecular flexibility index (Phi) is 4.15. The number of hydrogen-bond donors (Lipinski definition) is 1. The molecule has 0 aliphatic heterocycles. The van der Waals surface area contributed by atoms with Crippen LogP contribution in [-0.4, -0.2) is 18.0 Å². The molecule has 0 radical (unpaired) electrons. The van der Waals surface area contributed by atoms with E-state index in [0.29, 0.717) is 6.20 Å². The molecule has 0 saturated carbocycles. The SMILES string of the molecule is COc1ncc(C(F)(F)F)cc1C#CCC(N)=O. The number of primary amides is 1. The molecule has 96 valence electrons. The van der Waals surface area contributed by atoms with Crippen molar-refractivity contribution in [3.05, 3.63) is 23.4 Å². The average Bonchev–Trinajstić information content (AvgIpc) is 2.27. The molecular weight excluding hydrogens is 249 g/mol. The summed E-state index contributed by atoms with van der Waals surface area (Å²) in [6, 6.07) is 0.805. The van der Waals surface area contributed by atoms with Gasteiger partial charge in [-0.1, -0.05) is 11.8 Å². The Hall–Kier alpha value is -2.23. The smallest absolute Gasteiger partial charge is 0.417 e. The van der Waals surface area contributed by atoms with Crippen molar-refractivity contribution in [2.24, 2.45) is 5.73 Å². The summed E-state index contributed by atoms with van der Waals surface area (Å²) in [5, 5.41) is 0. The summed E-state index contributed by atoms with van der Waals surface area (Å²) in [5.74, 6) is 4.01. The first-order valence-electron chi connectivity index (χ1n) is 4.73. The van der Waals surface area contributed by atoms with Gasteiger partial charge in [0.05, 0.1) is 24.7 Å². The zero-order valence-electron chi connectivity index (χ0n) is 9.34. The highest BCUT2D eigenvalue weighted by Gasteiger charge is 2.31. The van der Waals surface area contributed by atoms with Crippen LogP contribution in [0, 0.1) is 11.8 Å². The maximum absolute atomic E-state index is 12.5. The predicted octanol–water partition coefficient (Wildman–Crippen LogP) is 1.34. The maximum atomic E-state index is 12.5. The van der Waals surface area contributed by atoms with Crippen LogP contribution in [0.15, 0.2) is 12.3 Å². The second-order valence-electron chi connectivity index (χ2n) is 3.22. The number of ether oxygens (including phenoxy) is 1. The number of halogens is 3. The average molecular weight is 258 g/mol. The molecule has 1 amide bonds. The molecule has 0 unspecified atom stereocenters. The van der Waals surface area contributed by atoms with Gasteiger partial charge in [0.1, 0.15) is 0 Å². The van der Waals surface area contributed by atoms with Gasteiger partial charge >= 0.3 is 6.18 Å². The monoisotopic (exact) mass is 258 g/mol. The predicted molar refractivity (Wildman–Crippen MR) is 56.5 cm³/mol. The Balaban J connectivity index is 3.13. The van der Waals surface area contributed by atoms with Gasteiger partial charge < -0.3 is 10.5 Å². The molecule has 2 N–H and O–H groups in total. The molecule has 1 rings (SSSR count). The van der Waals surface area contributed by atoms with Gasteiger partial charge in [0.25, 0.3) is 0 Å². The Morgan fingerprint density at radius 1 is 1.56 bits per heavy atom. The number of aromatic nitrogens is 1. The third kappa shape index (κ3) is 3.66. The van der Waals surface area contributed by atoms with Crippen LogP contribution in [0.1, 0.15) is 17.5 Å². The Morgan fingerprint density at radius 3 is 2.72 bits per heavy atom. The second-order valence-corrected chi connectivity index (χ2v) is 3.22. The van der Waals surface area contributed by atoms with Crippen molar-refractivity contribution in [3.63, 3.8) is 0 Å². The van der Waals surface area contributed by atoms with Crippen molar-refractivity contribution >= 4 is 5.91 Å². The molecular formula is C11H9F3N2O2. The lowest BCUT2D eigenvalue weighted by molar-refractivity contribution is -0.137. The van der Waals surface area contributed by atoms with E-state index < -0.39 is 17.6 Å². The van der Waals surface area contributed by atoms with Gasteiger partial charge in [-0.05, 0) is 6.07 Å². The van der Waals surface area contributed by atoms with Crippen molar-refractivity contribution in [2.75, 3.05) is 7.11 Å². The topological polar surface area (TPSA) is 65.2 Å². The fraction of sp³-hybridized carbons (Fsp3) is 0.273. The number of methoxy groups -OCH3 is 1. The van der Waals surface area contributed by atoms with Crippen LogP contribution in [0.2, 0.25) is 0 Å². The lowest BCUT2D eigenvalue weighted by Gasteiger charge is -2.08. The van der Waals surface area contributed by atoms with Gasteiger partial charge in [-0.25, -0.2) is 4.98 Å². The number of pyridine rings is 1. The molecule has 0 fully saturated rings. The molecule has 0 bridgehead atoms. The number of nitrogens with zero attached hydrogens (tertiary/aromatic N) is 1. The zero-order valence-corrected chi connectivity index (χ0v) is 9.34. The van der Waals surface area contributed by atoms with Crippen LogP contribution >= 0.6 is 0 Å². The van der Waals surface area contributed by atoms with Gasteiger partial charge in [-0.15, -0.1) is 0 Å². The Morgan fingerprint density at radius 2 is 2.22 bits per heavy atom. The third-order valence-corrected chi connectivity index (χ3v) is 1.86. The van der Waals surface area contributed by atoms with E-state index in [9.17, 15) is 18.0 Å². The zero-order chi connectivity index (χ0) is 13.8. The summed E-state index contributed by atoms with van der Waals surface area (Å²) in [4.78, 5) is 14.0. The van der Waals surface area contributed by atoms with Crippen LogP contribution in [0.4, 0.5) is 13.2 Å². The van der Waals surface area contributed by atoms with Gasteiger partial charge in [0.15, 0.2) is 0 Å². The highest BCUT2D eigenvalue weighted by Crippen LogP contribution is 2.30. The van der Waals surface area contributed by atoms with E-state index in [4.69, 9.17) is 10.5 Å². The number of amides is 1. The highest BCUT2D eigenvalue weighted by molar-refractivity contribution is 5.76. The van der Waals surface area contributed by atoms with Crippen LogP contribution in [0.5, 0.6) is 5.88 Å². The molecule has 0 saturated heterocycles. The first-order chi connectivity index (χ1) is 8.34. The molecule has 0 aromatic carbocycles. The molecule has 0 atom stereocenters. The summed E-state index contributed by atoms with van der Waals surface area (Å²) in [6.07, 6.45) is -4.11. The maximum Gasteiger partial charge on any atom is 0.417 e. The van der Waals surface area contributed by atoms with Gasteiger partial charge in [-0.2, -0.15) is 13.2 Å². The largest absolute Gasteiger partial charge is 0.480 e. The summed E-state index contributed by atoms with van der Waals surface area (Å²) in [7, 11) is 1.26. The fourth-order valence-electron chi connectivity index (χ4n) is 1.09. The van der Waals surface area contributed by atoms with Crippen molar-refractivity contribution in [2.45, 2.75) is 12.6 Å². The number of carbonyl (C=O) groups excluding carboxylic acids is 1. The summed E-state index contributed by atoms with van der Waals surface area (Å²) < 4.78 is 42.1. The Labute approximate surface area is 101 Å². The molecule has 7 heteroatoms. The minimum Gasteiger partial charge on any atom is -0.480 e. The highest BCUT2D eigenvalue weighted by atomic mass is 19.4. The van der Waals surface area contributed by atoms with Crippen LogP contribution in [-0.2, 0) is 11.0 Å². The lowest BCUT2D eigenvalue weighted by atomic mass is 10.2. The van der Waals surface area contributed by atoms with E-state index in [-0.39, 0.29) is 17.9 Å². The number of nitrogens with two attached hydrogens (primary N) is 1. The molecule has 18 heavy (non-hydrogen) atoms. The Bertz CT molecular complexity index is 515. The van der Waals surface area contributed by atoms with E-state index in [2.05, 4.69) is 16.8 Å². The lowest BCUT2D eigenvalue weighted by Crippen LogP contribution is -2.08. The van der Waals surface area contributed by atoms with E-state index >= 15 is 0 Å². The summed E-state index contributed by atoms with van der Waals surface area (Å²) >= 11 is 0. The van der Waals surface area contributed by atoms with E-state index in [1.807, 2.05) is 0 Å². The fourth-order valence-corrected chi connectivity index (χ4v) is 1.09. The molecule has 0 aliphatic carbocycles. The number of alkyl halides is 3. The summed E-state index contributed by atoms with van der Waals surface area (Å²) in [6.45, 7) is 0. The first kappa shape index (κ1) is 13.8. The standard InChI is InChI=1S/C11H9F3N2O2/c1-18-10-7(3-2-4-9(15)17)5-8(6-16-10)11(12,13)14/h5-6H,4H2,1H3,(H2,15,17). The van der Waals surface area contributed by atoms with Crippen LogP contribution in [0.25, 0.3) is 0 Å². The second kappa shape index (κ2) is 5.40. The van der Waals surface area contributed by atoms with Gasteiger partial charge in [0, 0.05) is 6.20 Å². The molecule has 4 nitrogen and oxygen atoms in total. The minimum atomic E-state index is -4.51.